The van der Waals surface area contributed by atoms with Crippen LogP contribution >= 0.6 is 0 Å². The Labute approximate surface area is 129 Å². The molecule has 2 rings (SSSR count). The fourth-order valence-electron chi connectivity index (χ4n) is 2.02. The number of aryl methyl sites for hydroxylation is 1. The molecule has 0 atom stereocenters. The zero-order chi connectivity index (χ0) is 16.2. The van der Waals surface area contributed by atoms with Gasteiger partial charge in [-0.1, -0.05) is 48.0 Å². The molecule has 0 spiro atoms. The first-order valence-electron chi connectivity index (χ1n) is 6.72. The van der Waals surface area contributed by atoms with E-state index in [1.807, 2.05) is 19.1 Å². The standard InChI is InChI=1S/C16H17NO4S/c1-13-7-9-14(10-8-13)11-17(12-16(18)19)22(20,21)15-5-3-2-4-6-15/h2-10H,11-12H2,1H3,(H,18,19). The van der Waals surface area contributed by atoms with Crippen molar-refractivity contribution in [2.45, 2.75) is 18.4 Å². The molecule has 0 aromatic heterocycles. The summed E-state index contributed by atoms with van der Waals surface area (Å²) in [5.41, 5.74) is 1.80. The summed E-state index contributed by atoms with van der Waals surface area (Å²) in [6.45, 7) is 1.37. The average Bonchev–Trinajstić information content (AvgIpc) is 2.49. The van der Waals surface area contributed by atoms with Crippen LogP contribution in [-0.2, 0) is 21.4 Å². The van der Waals surface area contributed by atoms with Gasteiger partial charge in [-0.2, -0.15) is 4.31 Å². The van der Waals surface area contributed by atoms with Gasteiger partial charge in [-0.3, -0.25) is 4.79 Å². The molecule has 0 radical (unpaired) electrons. The number of carboxylic acids is 1. The Hall–Kier alpha value is -2.18. The molecule has 0 aliphatic heterocycles. The third-order valence-corrected chi connectivity index (χ3v) is 4.98. The maximum atomic E-state index is 12.6. The van der Waals surface area contributed by atoms with Gasteiger partial charge < -0.3 is 5.11 Å². The summed E-state index contributed by atoms with van der Waals surface area (Å²) >= 11 is 0. The van der Waals surface area contributed by atoms with Gasteiger partial charge in [0.2, 0.25) is 10.0 Å². The first kappa shape index (κ1) is 16.2. The minimum atomic E-state index is -3.85. The Kier molecular flexibility index (Phi) is 4.95. The van der Waals surface area contributed by atoms with Gasteiger partial charge in [0, 0.05) is 6.54 Å². The second kappa shape index (κ2) is 6.72. The van der Waals surface area contributed by atoms with E-state index in [-0.39, 0.29) is 11.4 Å². The molecule has 5 nitrogen and oxygen atoms in total. The van der Waals surface area contributed by atoms with Crippen LogP contribution in [0.4, 0.5) is 0 Å². The van der Waals surface area contributed by atoms with Gasteiger partial charge in [-0.25, -0.2) is 8.42 Å². The van der Waals surface area contributed by atoms with Crippen LogP contribution in [-0.4, -0.2) is 30.3 Å². The molecule has 0 aliphatic rings. The van der Waals surface area contributed by atoms with Gasteiger partial charge in [-0.05, 0) is 24.6 Å². The van der Waals surface area contributed by atoms with Crippen LogP contribution in [0.2, 0.25) is 0 Å². The van der Waals surface area contributed by atoms with Crippen LogP contribution < -0.4 is 0 Å². The minimum absolute atomic E-state index is 0.0177. The molecule has 22 heavy (non-hydrogen) atoms. The van der Waals surface area contributed by atoms with Crippen molar-refractivity contribution in [2.24, 2.45) is 0 Å². The molecule has 0 unspecified atom stereocenters. The predicted octanol–water partition coefficient (Wildman–Crippen LogP) is 2.27. The highest BCUT2D eigenvalue weighted by atomic mass is 32.2. The Bertz CT molecular complexity index is 739. The van der Waals surface area contributed by atoms with E-state index < -0.39 is 22.5 Å². The maximum absolute atomic E-state index is 12.6. The number of carboxylic acid groups (broad SMARTS) is 1. The lowest BCUT2D eigenvalue weighted by atomic mass is 10.1. The number of carbonyl (C=O) groups is 1. The van der Waals surface area contributed by atoms with Gasteiger partial charge in [0.15, 0.2) is 0 Å². The number of sulfonamides is 1. The lowest BCUT2D eigenvalue weighted by molar-refractivity contribution is -0.137. The molecule has 0 amide bonds. The Morgan fingerprint density at radius 3 is 2.18 bits per heavy atom. The van der Waals surface area contributed by atoms with Crippen LogP contribution in [0.3, 0.4) is 0 Å². The monoisotopic (exact) mass is 319 g/mol. The molecule has 0 saturated carbocycles. The first-order chi connectivity index (χ1) is 10.4. The maximum Gasteiger partial charge on any atom is 0.318 e. The summed E-state index contributed by atoms with van der Waals surface area (Å²) in [5, 5.41) is 9.01. The van der Waals surface area contributed by atoms with E-state index >= 15 is 0 Å². The Balaban J connectivity index is 2.33. The Morgan fingerprint density at radius 1 is 1.05 bits per heavy atom. The highest BCUT2D eigenvalue weighted by Crippen LogP contribution is 2.18. The molecular formula is C16H17NO4S. The van der Waals surface area contributed by atoms with Crippen molar-refractivity contribution in [3.8, 4) is 0 Å². The van der Waals surface area contributed by atoms with Crippen molar-refractivity contribution in [2.75, 3.05) is 6.54 Å². The number of benzene rings is 2. The highest BCUT2D eigenvalue weighted by Gasteiger charge is 2.26. The summed E-state index contributed by atoms with van der Waals surface area (Å²) < 4.78 is 26.2. The lowest BCUT2D eigenvalue weighted by Gasteiger charge is -2.20. The quantitative estimate of drug-likeness (QED) is 0.886. The number of rotatable bonds is 6. The van der Waals surface area contributed by atoms with E-state index in [0.29, 0.717) is 0 Å². The van der Waals surface area contributed by atoms with Crippen molar-refractivity contribution < 1.29 is 18.3 Å². The van der Waals surface area contributed by atoms with Crippen molar-refractivity contribution in [1.29, 1.82) is 0 Å². The molecule has 2 aromatic carbocycles. The van der Waals surface area contributed by atoms with Crippen LogP contribution in [0.15, 0.2) is 59.5 Å². The first-order valence-corrected chi connectivity index (χ1v) is 8.16. The minimum Gasteiger partial charge on any atom is -0.480 e. The van der Waals surface area contributed by atoms with Crippen LogP contribution in [0.5, 0.6) is 0 Å². The number of hydrogen-bond donors (Lipinski definition) is 1. The van der Waals surface area contributed by atoms with Gasteiger partial charge >= 0.3 is 5.97 Å². The number of nitrogens with zero attached hydrogens (tertiary/aromatic N) is 1. The molecule has 0 bridgehead atoms. The lowest BCUT2D eigenvalue weighted by Crippen LogP contribution is -2.35. The third kappa shape index (κ3) is 3.93. The average molecular weight is 319 g/mol. The number of hydrogen-bond acceptors (Lipinski definition) is 3. The topological polar surface area (TPSA) is 74.7 Å². The fourth-order valence-corrected chi connectivity index (χ4v) is 3.41. The van der Waals surface area contributed by atoms with E-state index in [9.17, 15) is 13.2 Å². The van der Waals surface area contributed by atoms with Gasteiger partial charge in [0.25, 0.3) is 0 Å². The van der Waals surface area contributed by atoms with Crippen LogP contribution in [0.1, 0.15) is 11.1 Å². The SMILES string of the molecule is Cc1ccc(CN(CC(=O)O)S(=O)(=O)c2ccccc2)cc1. The van der Waals surface area contributed by atoms with E-state index in [2.05, 4.69) is 0 Å². The van der Waals surface area contributed by atoms with E-state index in [1.165, 1.54) is 12.1 Å². The van der Waals surface area contributed by atoms with Gasteiger partial charge in [0.1, 0.15) is 6.54 Å². The molecule has 116 valence electrons. The summed E-state index contributed by atoms with van der Waals surface area (Å²) in [6, 6.07) is 15.2. The second-order valence-electron chi connectivity index (χ2n) is 4.97. The van der Waals surface area contributed by atoms with Crippen molar-refractivity contribution in [1.82, 2.24) is 4.31 Å². The van der Waals surface area contributed by atoms with E-state index in [1.54, 1.807) is 30.3 Å². The molecule has 6 heteroatoms. The smallest absolute Gasteiger partial charge is 0.318 e. The second-order valence-corrected chi connectivity index (χ2v) is 6.90. The fraction of sp³-hybridized carbons (Fsp3) is 0.188. The highest BCUT2D eigenvalue weighted by molar-refractivity contribution is 7.89. The zero-order valence-corrected chi connectivity index (χ0v) is 13.0. The molecule has 0 fully saturated rings. The van der Waals surface area contributed by atoms with E-state index in [0.717, 1.165) is 15.4 Å². The van der Waals surface area contributed by atoms with Gasteiger partial charge in [-0.15, -0.1) is 0 Å². The van der Waals surface area contributed by atoms with Crippen molar-refractivity contribution in [3.05, 3.63) is 65.7 Å². The molecule has 0 heterocycles. The molecular weight excluding hydrogens is 302 g/mol. The normalized spacial score (nSPS) is 11.5. The zero-order valence-electron chi connectivity index (χ0n) is 12.1. The van der Waals surface area contributed by atoms with Crippen molar-refractivity contribution >= 4 is 16.0 Å². The van der Waals surface area contributed by atoms with Crippen LogP contribution in [0, 0.1) is 6.92 Å². The summed E-state index contributed by atoms with van der Waals surface area (Å²) in [6.07, 6.45) is 0. The third-order valence-electron chi connectivity index (χ3n) is 3.17. The largest absolute Gasteiger partial charge is 0.480 e. The number of aliphatic carboxylic acids is 1. The summed E-state index contributed by atoms with van der Waals surface area (Å²) in [7, 11) is -3.85. The van der Waals surface area contributed by atoms with E-state index in [4.69, 9.17) is 5.11 Å². The Morgan fingerprint density at radius 2 is 1.64 bits per heavy atom. The molecule has 1 N–H and O–H groups in total. The summed E-state index contributed by atoms with van der Waals surface area (Å²) in [5.74, 6) is -1.19. The molecule has 0 aliphatic carbocycles. The van der Waals surface area contributed by atoms with Crippen LogP contribution in [0.25, 0.3) is 0 Å². The molecule has 0 saturated heterocycles. The summed E-state index contributed by atoms with van der Waals surface area (Å²) in [4.78, 5) is 11.1. The van der Waals surface area contributed by atoms with Crippen molar-refractivity contribution in [3.63, 3.8) is 0 Å². The van der Waals surface area contributed by atoms with Gasteiger partial charge in [0.05, 0.1) is 4.90 Å². The predicted molar refractivity (Wildman–Crippen MR) is 82.9 cm³/mol. The molecule has 2 aromatic rings.